The molecule has 2 aromatic carbocycles. The molecule has 1 fully saturated rings. The Labute approximate surface area is 148 Å². The van der Waals surface area contributed by atoms with Crippen LogP contribution in [0, 0.1) is 5.82 Å². The second kappa shape index (κ2) is 7.60. The maximum atomic E-state index is 13.7. The van der Waals surface area contributed by atoms with E-state index in [0.717, 1.165) is 0 Å². The smallest absolute Gasteiger partial charge is 0.255 e. The molecule has 1 aliphatic rings. The first-order valence-corrected chi connectivity index (χ1v) is 9.70. The van der Waals surface area contributed by atoms with Crippen LogP contribution in [0.2, 0.25) is 5.02 Å². The third-order valence-corrected chi connectivity index (χ3v) is 6.70. The SMILES string of the molecule is O=C(Nc1cc(Cl)ccc1F)c1ccc(C2SCCCS2)cc1. The lowest BCUT2D eigenvalue weighted by Gasteiger charge is -2.21. The molecule has 0 aliphatic carbocycles. The predicted octanol–water partition coefficient (Wildman–Crippen LogP) is 5.60. The van der Waals surface area contributed by atoms with Gasteiger partial charge in [0.25, 0.3) is 5.91 Å². The van der Waals surface area contributed by atoms with Crippen LogP contribution in [0.4, 0.5) is 10.1 Å². The van der Waals surface area contributed by atoms with E-state index in [-0.39, 0.29) is 11.6 Å². The van der Waals surface area contributed by atoms with E-state index in [2.05, 4.69) is 5.32 Å². The van der Waals surface area contributed by atoms with Crippen LogP contribution in [-0.4, -0.2) is 17.4 Å². The van der Waals surface area contributed by atoms with E-state index in [0.29, 0.717) is 15.2 Å². The summed E-state index contributed by atoms with van der Waals surface area (Å²) in [5.41, 5.74) is 1.80. The first-order valence-electron chi connectivity index (χ1n) is 7.23. The largest absolute Gasteiger partial charge is 0.319 e. The van der Waals surface area contributed by atoms with Crippen molar-refractivity contribution in [2.75, 3.05) is 16.8 Å². The van der Waals surface area contributed by atoms with Crippen LogP contribution >= 0.6 is 35.1 Å². The number of rotatable bonds is 3. The molecule has 1 amide bonds. The van der Waals surface area contributed by atoms with Gasteiger partial charge in [0.05, 0.1) is 10.3 Å². The second-order valence-corrected chi connectivity index (χ2v) is 8.29. The van der Waals surface area contributed by atoms with Crippen molar-refractivity contribution in [1.82, 2.24) is 0 Å². The van der Waals surface area contributed by atoms with Crippen LogP contribution in [0.1, 0.15) is 26.9 Å². The molecule has 2 nitrogen and oxygen atoms in total. The molecule has 1 aliphatic heterocycles. The summed E-state index contributed by atoms with van der Waals surface area (Å²) in [6, 6.07) is 11.6. The molecule has 23 heavy (non-hydrogen) atoms. The molecule has 1 heterocycles. The number of anilines is 1. The molecule has 6 heteroatoms. The van der Waals surface area contributed by atoms with Crippen molar-refractivity contribution in [1.29, 1.82) is 0 Å². The first kappa shape index (κ1) is 16.7. The molecule has 0 aromatic heterocycles. The summed E-state index contributed by atoms with van der Waals surface area (Å²) in [6.07, 6.45) is 1.25. The predicted molar refractivity (Wildman–Crippen MR) is 98.1 cm³/mol. The number of carbonyl (C=O) groups excluding carboxylic acids is 1. The van der Waals surface area contributed by atoms with Gasteiger partial charge in [-0.25, -0.2) is 4.39 Å². The van der Waals surface area contributed by atoms with Crippen LogP contribution in [0.25, 0.3) is 0 Å². The summed E-state index contributed by atoms with van der Waals surface area (Å²) in [5, 5.41) is 2.94. The molecule has 0 saturated carbocycles. The quantitative estimate of drug-likeness (QED) is 0.765. The lowest BCUT2D eigenvalue weighted by molar-refractivity contribution is 0.102. The van der Waals surface area contributed by atoms with Crippen molar-refractivity contribution in [3.63, 3.8) is 0 Å². The van der Waals surface area contributed by atoms with Crippen molar-refractivity contribution < 1.29 is 9.18 Å². The van der Waals surface area contributed by atoms with Crippen molar-refractivity contribution >= 4 is 46.7 Å². The molecule has 1 N–H and O–H groups in total. The Morgan fingerprint density at radius 1 is 1.13 bits per heavy atom. The highest BCUT2D eigenvalue weighted by Crippen LogP contribution is 2.43. The molecule has 0 radical (unpaired) electrons. The third kappa shape index (κ3) is 4.22. The van der Waals surface area contributed by atoms with Gasteiger partial charge in [0.15, 0.2) is 0 Å². The van der Waals surface area contributed by atoms with Gasteiger partial charge in [-0.3, -0.25) is 4.79 Å². The monoisotopic (exact) mass is 367 g/mol. The highest BCUT2D eigenvalue weighted by molar-refractivity contribution is 8.16. The first-order chi connectivity index (χ1) is 11.1. The molecule has 0 bridgehead atoms. The van der Waals surface area contributed by atoms with Crippen molar-refractivity contribution in [3.8, 4) is 0 Å². The van der Waals surface area contributed by atoms with Crippen LogP contribution in [0.15, 0.2) is 42.5 Å². The Morgan fingerprint density at radius 3 is 2.52 bits per heavy atom. The van der Waals surface area contributed by atoms with Gasteiger partial charge in [-0.15, -0.1) is 23.5 Å². The number of benzene rings is 2. The minimum absolute atomic E-state index is 0.0879. The lowest BCUT2D eigenvalue weighted by Crippen LogP contribution is -2.13. The molecular formula is C17H15ClFNOS2. The van der Waals surface area contributed by atoms with Crippen LogP contribution in [0.5, 0.6) is 0 Å². The van der Waals surface area contributed by atoms with E-state index >= 15 is 0 Å². The van der Waals surface area contributed by atoms with Gasteiger partial charge >= 0.3 is 0 Å². The standard InChI is InChI=1S/C17H15ClFNOS2/c18-13-6-7-14(19)15(10-13)20-16(21)11-2-4-12(5-3-11)17-22-8-1-9-23-17/h2-7,10,17H,1,8-9H2,(H,20,21). The summed E-state index contributed by atoms with van der Waals surface area (Å²) < 4.78 is 14.1. The van der Waals surface area contributed by atoms with Gasteiger partial charge in [-0.1, -0.05) is 23.7 Å². The summed E-state index contributed by atoms with van der Waals surface area (Å²) in [5.74, 6) is 1.50. The molecule has 0 unspecified atom stereocenters. The Kier molecular flexibility index (Phi) is 5.51. The summed E-state index contributed by atoms with van der Waals surface area (Å²) in [4.78, 5) is 12.2. The van der Waals surface area contributed by atoms with E-state index in [1.54, 1.807) is 12.1 Å². The van der Waals surface area contributed by atoms with E-state index in [1.807, 2.05) is 35.7 Å². The van der Waals surface area contributed by atoms with E-state index < -0.39 is 5.82 Å². The molecule has 120 valence electrons. The van der Waals surface area contributed by atoms with Crippen molar-refractivity contribution in [3.05, 3.63) is 64.4 Å². The normalized spacial score (nSPS) is 15.4. The minimum Gasteiger partial charge on any atom is -0.319 e. The van der Waals surface area contributed by atoms with Gasteiger partial charge in [-0.2, -0.15) is 0 Å². The zero-order valence-electron chi connectivity index (χ0n) is 12.2. The molecule has 0 atom stereocenters. The Bertz CT molecular complexity index is 702. The third-order valence-electron chi connectivity index (χ3n) is 3.45. The number of nitrogens with one attached hydrogen (secondary N) is 1. The fraction of sp³-hybridized carbons (Fsp3) is 0.235. The van der Waals surface area contributed by atoms with Gasteiger partial charge in [0, 0.05) is 10.6 Å². The molecule has 2 aromatic rings. The van der Waals surface area contributed by atoms with Crippen molar-refractivity contribution in [2.45, 2.75) is 11.0 Å². The fourth-order valence-electron chi connectivity index (χ4n) is 2.26. The van der Waals surface area contributed by atoms with Crippen LogP contribution in [0.3, 0.4) is 0 Å². The lowest BCUT2D eigenvalue weighted by atomic mass is 10.1. The minimum atomic E-state index is -0.505. The topological polar surface area (TPSA) is 29.1 Å². The zero-order valence-corrected chi connectivity index (χ0v) is 14.6. The van der Waals surface area contributed by atoms with Crippen LogP contribution in [-0.2, 0) is 0 Å². The fourth-order valence-corrected chi connectivity index (χ4v) is 5.33. The average Bonchev–Trinajstić information content (AvgIpc) is 2.59. The Balaban J connectivity index is 1.71. The molecule has 0 spiro atoms. The van der Waals surface area contributed by atoms with Gasteiger partial charge < -0.3 is 5.32 Å². The number of halogens is 2. The van der Waals surface area contributed by atoms with E-state index in [1.165, 1.54) is 41.7 Å². The van der Waals surface area contributed by atoms with Gasteiger partial charge in [0.2, 0.25) is 0 Å². The highest BCUT2D eigenvalue weighted by atomic mass is 35.5. The number of amides is 1. The number of thioether (sulfide) groups is 2. The highest BCUT2D eigenvalue weighted by Gasteiger charge is 2.17. The summed E-state index contributed by atoms with van der Waals surface area (Å²) in [7, 11) is 0. The summed E-state index contributed by atoms with van der Waals surface area (Å²) in [6.45, 7) is 0. The van der Waals surface area contributed by atoms with Crippen molar-refractivity contribution in [2.24, 2.45) is 0 Å². The van der Waals surface area contributed by atoms with Crippen LogP contribution < -0.4 is 5.32 Å². The maximum Gasteiger partial charge on any atom is 0.255 e. The Hall–Kier alpha value is -1.17. The average molecular weight is 368 g/mol. The number of carbonyl (C=O) groups is 1. The Morgan fingerprint density at radius 2 is 1.83 bits per heavy atom. The molecular weight excluding hydrogens is 353 g/mol. The van der Waals surface area contributed by atoms with Gasteiger partial charge in [0.1, 0.15) is 5.82 Å². The maximum absolute atomic E-state index is 13.7. The van der Waals surface area contributed by atoms with E-state index in [9.17, 15) is 9.18 Å². The number of hydrogen-bond donors (Lipinski definition) is 1. The van der Waals surface area contributed by atoms with Gasteiger partial charge in [-0.05, 0) is 53.8 Å². The molecule has 3 rings (SSSR count). The second-order valence-electron chi connectivity index (χ2n) is 5.13. The zero-order chi connectivity index (χ0) is 16.2. The number of hydrogen-bond acceptors (Lipinski definition) is 3. The van der Waals surface area contributed by atoms with E-state index in [4.69, 9.17) is 11.6 Å². The molecule has 1 saturated heterocycles. The summed E-state index contributed by atoms with van der Waals surface area (Å²) >= 11 is 9.70.